The lowest BCUT2D eigenvalue weighted by Crippen LogP contribution is -2.69. The first-order chi connectivity index (χ1) is 15.0. The van der Waals surface area contributed by atoms with Gasteiger partial charge in [0.25, 0.3) is 11.8 Å². The number of carbonyl (C=O) groups excluding carboxylic acids is 4. The van der Waals surface area contributed by atoms with E-state index in [-0.39, 0.29) is 37.7 Å². The van der Waals surface area contributed by atoms with Crippen LogP contribution in [0.25, 0.3) is 0 Å². The molecule has 0 aromatic heterocycles. The number of fused-ring (bicyclic) bond motifs is 1. The second-order valence-corrected chi connectivity index (χ2v) is 8.92. The molecule has 1 N–H and O–H groups in total. The Morgan fingerprint density at radius 1 is 1.03 bits per heavy atom. The third-order valence-electron chi connectivity index (χ3n) is 6.14. The van der Waals surface area contributed by atoms with Gasteiger partial charge in [-0.25, -0.2) is 24.4 Å². The van der Waals surface area contributed by atoms with E-state index in [1.165, 1.54) is 0 Å². The number of rotatable bonds is 9. The van der Waals surface area contributed by atoms with Gasteiger partial charge in [-0.2, -0.15) is 0 Å². The molecule has 0 spiro atoms. The van der Waals surface area contributed by atoms with Crippen LogP contribution < -0.4 is 0 Å². The highest BCUT2D eigenvalue weighted by atomic mass is 16.5. The number of hydrogen-bond acceptors (Lipinski definition) is 7. The average Bonchev–Trinajstić information content (AvgIpc) is 2.94. The van der Waals surface area contributed by atoms with Crippen molar-refractivity contribution in [3.05, 3.63) is 11.5 Å². The molecule has 2 amide bonds. The Hall–Kier alpha value is -3.09. The van der Waals surface area contributed by atoms with Crippen LogP contribution in [-0.4, -0.2) is 70.1 Å². The Morgan fingerprint density at radius 3 is 1.91 bits per heavy atom. The molecule has 32 heavy (non-hydrogen) atoms. The quantitative estimate of drug-likeness (QED) is 0.318. The Labute approximate surface area is 186 Å². The molecule has 0 radical (unpaired) electrons. The fourth-order valence-electron chi connectivity index (χ4n) is 4.62. The fraction of sp³-hybridized carbons (Fsp3) is 0.682. The molecule has 10 nitrogen and oxygen atoms in total. The molecule has 0 aromatic rings. The third-order valence-corrected chi connectivity index (χ3v) is 6.14. The number of aliphatic carboxylic acids is 1. The molecule has 0 saturated carbocycles. The number of hydrazine groups is 1. The second-order valence-electron chi connectivity index (χ2n) is 8.92. The van der Waals surface area contributed by atoms with Crippen molar-refractivity contribution in [2.45, 2.75) is 65.8 Å². The topological polar surface area (TPSA) is 131 Å². The lowest BCUT2D eigenvalue weighted by Gasteiger charge is -2.52. The maximum atomic E-state index is 14.0. The lowest BCUT2D eigenvalue weighted by molar-refractivity contribution is -0.199. The largest absolute Gasteiger partial charge is 0.487 e. The SMILES string of the molecule is CCOC(=C=O)CC1(CC(=C=O)OCC)C(=O)N2CCCC(C(=O)O)(C(C)(C)C)N2C1=O. The van der Waals surface area contributed by atoms with E-state index in [2.05, 4.69) is 0 Å². The van der Waals surface area contributed by atoms with Crippen LogP contribution in [0.2, 0.25) is 0 Å². The molecule has 2 aliphatic rings. The fourth-order valence-corrected chi connectivity index (χ4v) is 4.62. The summed E-state index contributed by atoms with van der Waals surface area (Å²) in [6.07, 6.45) is -0.458. The Kier molecular flexibility index (Phi) is 7.23. The molecule has 0 aliphatic carbocycles. The predicted octanol–water partition coefficient (Wildman–Crippen LogP) is 1.51. The summed E-state index contributed by atoms with van der Waals surface area (Å²) in [6, 6.07) is 0. The van der Waals surface area contributed by atoms with Crippen LogP contribution in [0.5, 0.6) is 0 Å². The van der Waals surface area contributed by atoms with Crippen molar-refractivity contribution in [1.82, 2.24) is 10.0 Å². The van der Waals surface area contributed by atoms with Crippen molar-refractivity contribution in [2.24, 2.45) is 10.8 Å². The van der Waals surface area contributed by atoms with Gasteiger partial charge >= 0.3 is 5.97 Å². The van der Waals surface area contributed by atoms with Crippen molar-refractivity contribution >= 4 is 29.7 Å². The number of nitrogens with zero attached hydrogens (tertiary/aromatic N) is 2. The third kappa shape index (κ3) is 3.80. The molecule has 2 fully saturated rings. The van der Waals surface area contributed by atoms with Crippen molar-refractivity contribution in [3.8, 4) is 0 Å². The van der Waals surface area contributed by atoms with E-state index in [1.54, 1.807) is 46.5 Å². The average molecular weight is 450 g/mol. The van der Waals surface area contributed by atoms with E-state index in [1.807, 2.05) is 0 Å². The zero-order valence-corrected chi connectivity index (χ0v) is 19.1. The monoisotopic (exact) mass is 450 g/mol. The van der Waals surface area contributed by atoms with Gasteiger partial charge in [-0.15, -0.1) is 0 Å². The zero-order chi connectivity index (χ0) is 24.3. The number of hydrogen-bond donors (Lipinski definition) is 1. The molecule has 2 saturated heterocycles. The molecule has 2 aliphatic heterocycles. The van der Waals surface area contributed by atoms with Gasteiger partial charge in [0.1, 0.15) is 5.41 Å². The van der Waals surface area contributed by atoms with Crippen LogP contribution >= 0.6 is 0 Å². The van der Waals surface area contributed by atoms with Gasteiger partial charge < -0.3 is 14.6 Å². The Balaban J connectivity index is 2.74. The van der Waals surface area contributed by atoms with Gasteiger partial charge in [0.15, 0.2) is 28.9 Å². The van der Waals surface area contributed by atoms with Gasteiger partial charge in [-0.05, 0) is 32.1 Å². The van der Waals surface area contributed by atoms with Gasteiger partial charge in [0.2, 0.25) is 0 Å². The maximum absolute atomic E-state index is 14.0. The number of allylic oxidation sites excluding steroid dienone is 2. The van der Waals surface area contributed by atoms with Crippen LogP contribution in [0.4, 0.5) is 0 Å². The van der Waals surface area contributed by atoms with E-state index in [0.29, 0.717) is 6.42 Å². The summed E-state index contributed by atoms with van der Waals surface area (Å²) in [5.41, 5.74) is -4.62. The first kappa shape index (κ1) is 25.2. The predicted molar refractivity (Wildman–Crippen MR) is 111 cm³/mol. The molecule has 0 aromatic carbocycles. The van der Waals surface area contributed by atoms with E-state index >= 15 is 0 Å². The molecular weight excluding hydrogens is 420 g/mol. The Morgan fingerprint density at radius 2 is 1.53 bits per heavy atom. The van der Waals surface area contributed by atoms with Gasteiger partial charge in [-0.3, -0.25) is 9.59 Å². The summed E-state index contributed by atoms with van der Waals surface area (Å²) in [6.45, 7) is 8.64. The molecule has 2 heterocycles. The van der Waals surface area contributed by atoms with Crippen LogP contribution in [0.15, 0.2) is 11.5 Å². The molecule has 0 bridgehead atoms. The first-order valence-electron chi connectivity index (χ1n) is 10.6. The van der Waals surface area contributed by atoms with Crippen LogP contribution in [0.1, 0.15) is 60.3 Å². The number of carboxylic acids is 1. The van der Waals surface area contributed by atoms with E-state index < -0.39 is 47.0 Å². The van der Waals surface area contributed by atoms with Crippen molar-refractivity contribution in [2.75, 3.05) is 19.8 Å². The molecule has 2 rings (SSSR count). The van der Waals surface area contributed by atoms with Crippen LogP contribution in [0, 0.1) is 10.8 Å². The minimum atomic E-state index is -1.99. The molecule has 10 heteroatoms. The standard InChI is InChI=1S/C22H30N2O8/c1-6-31-15(13-25)11-21(12-16(14-26)32-7-2)17(27)23-10-8-9-22(19(29)30,20(3,4)5)24(23)18(21)28/h6-12H2,1-5H3,(H,29,30). The minimum Gasteiger partial charge on any atom is -0.487 e. The van der Waals surface area contributed by atoms with Crippen molar-refractivity contribution < 1.29 is 38.6 Å². The second kappa shape index (κ2) is 9.18. The van der Waals surface area contributed by atoms with Crippen molar-refractivity contribution in [3.63, 3.8) is 0 Å². The summed E-state index contributed by atoms with van der Waals surface area (Å²) in [5, 5.41) is 12.4. The van der Waals surface area contributed by atoms with Crippen LogP contribution in [0.3, 0.4) is 0 Å². The minimum absolute atomic E-state index is 0.0966. The molecule has 1 atom stereocenters. The highest BCUT2D eigenvalue weighted by molar-refractivity contribution is 6.12. The summed E-state index contributed by atoms with van der Waals surface area (Å²) in [5.74, 6) is -0.0838. The summed E-state index contributed by atoms with van der Waals surface area (Å²) in [7, 11) is 0. The number of carbonyl (C=O) groups is 3. The molecular formula is C22H30N2O8. The van der Waals surface area contributed by atoms with Gasteiger partial charge in [0, 0.05) is 19.4 Å². The summed E-state index contributed by atoms with van der Waals surface area (Å²) in [4.78, 5) is 63.2. The van der Waals surface area contributed by atoms with Gasteiger partial charge in [-0.1, -0.05) is 20.8 Å². The smallest absolute Gasteiger partial charge is 0.332 e. The molecule has 176 valence electrons. The first-order valence-corrected chi connectivity index (χ1v) is 10.6. The normalized spacial score (nSPS) is 25.0. The zero-order valence-electron chi connectivity index (χ0n) is 19.1. The van der Waals surface area contributed by atoms with Crippen molar-refractivity contribution in [1.29, 1.82) is 0 Å². The lowest BCUT2D eigenvalue weighted by atomic mass is 9.69. The maximum Gasteiger partial charge on any atom is 0.332 e. The highest BCUT2D eigenvalue weighted by Crippen LogP contribution is 2.52. The summed E-state index contributed by atoms with van der Waals surface area (Å²) < 4.78 is 10.5. The van der Waals surface area contributed by atoms with Crippen LogP contribution in [-0.2, 0) is 33.4 Å². The molecule has 1 unspecified atom stereocenters. The van der Waals surface area contributed by atoms with E-state index in [0.717, 1.165) is 10.0 Å². The van der Waals surface area contributed by atoms with E-state index in [9.17, 15) is 29.1 Å². The van der Waals surface area contributed by atoms with Gasteiger partial charge in [0.05, 0.1) is 13.2 Å². The Bertz CT molecular complexity index is 862. The van der Waals surface area contributed by atoms with E-state index in [4.69, 9.17) is 9.47 Å². The number of amides is 2. The summed E-state index contributed by atoms with van der Waals surface area (Å²) >= 11 is 0. The number of ether oxygens (including phenoxy) is 2. The highest BCUT2D eigenvalue weighted by Gasteiger charge is 2.69. The number of carboxylic acid groups (broad SMARTS) is 1.